The van der Waals surface area contributed by atoms with Crippen LogP contribution in [0.5, 0.6) is 0 Å². The van der Waals surface area contributed by atoms with Gasteiger partial charge in [0.25, 0.3) is 10.0 Å². The quantitative estimate of drug-likeness (QED) is 0.855. The highest BCUT2D eigenvalue weighted by Crippen LogP contribution is 2.15. The fraction of sp³-hybridized carbons (Fsp3) is 0.385. The maximum atomic E-state index is 12.1. The van der Waals surface area contributed by atoms with Crippen LogP contribution in [0.25, 0.3) is 0 Å². The molecule has 108 valence electrons. The Morgan fingerprint density at radius 3 is 2.50 bits per heavy atom. The van der Waals surface area contributed by atoms with Crippen LogP contribution in [-0.4, -0.2) is 23.6 Å². The molecule has 0 aliphatic rings. The summed E-state index contributed by atoms with van der Waals surface area (Å²) < 4.78 is 26.5. The fourth-order valence-corrected chi connectivity index (χ4v) is 2.70. The maximum Gasteiger partial charge on any atom is 0.264 e. The van der Waals surface area contributed by atoms with E-state index in [4.69, 9.17) is 0 Å². The first-order chi connectivity index (χ1) is 9.47. The lowest BCUT2D eigenvalue weighted by Crippen LogP contribution is -2.14. The van der Waals surface area contributed by atoms with Gasteiger partial charge in [-0.3, -0.25) is 0 Å². The Bertz CT molecular complexity index is 634. The van der Waals surface area contributed by atoms with Crippen molar-refractivity contribution in [3.8, 4) is 0 Å². The normalized spacial score (nSPS) is 11.8. The SMILES string of the molecule is CC(C)CCc1ccc(S(=O)(=O)Nc2ncn[nH]2)cc1. The molecule has 2 N–H and O–H groups in total. The molecule has 1 heterocycles. The van der Waals surface area contributed by atoms with E-state index in [-0.39, 0.29) is 10.8 Å². The zero-order chi connectivity index (χ0) is 14.6. The molecule has 0 fully saturated rings. The van der Waals surface area contributed by atoms with E-state index in [0.29, 0.717) is 5.92 Å². The molecule has 0 aliphatic carbocycles. The highest BCUT2D eigenvalue weighted by Gasteiger charge is 2.15. The molecule has 0 saturated carbocycles. The molecule has 0 spiro atoms. The van der Waals surface area contributed by atoms with Gasteiger partial charge in [0, 0.05) is 0 Å². The predicted molar refractivity (Wildman–Crippen MR) is 76.8 cm³/mol. The molecule has 20 heavy (non-hydrogen) atoms. The van der Waals surface area contributed by atoms with Crippen LogP contribution in [0.1, 0.15) is 25.8 Å². The Hall–Kier alpha value is -1.89. The number of hydrogen-bond donors (Lipinski definition) is 2. The third-order valence-electron chi connectivity index (χ3n) is 2.89. The van der Waals surface area contributed by atoms with Gasteiger partial charge >= 0.3 is 0 Å². The Morgan fingerprint density at radius 1 is 1.25 bits per heavy atom. The summed E-state index contributed by atoms with van der Waals surface area (Å²) >= 11 is 0. The van der Waals surface area contributed by atoms with Crippen molar-refractivity contribution in [3.63, 3.8) is 0 Å². The standard InChI is InChI=1S/C13H18N4O2S/c1-10(2)3-4-11-5-7-12(8-6-11)20(18,19)17-13-14-9-15-16-13/h5-10H,3-4H2,1-2H3,(H2,14,15,16,17). The summed E-state index contributed by atoms with van der Waals surface area (Å²) in [5.74, 6) is 0.736. The molecule has 1 aromatic heterocycles. The smallest absolute Gasteiger partial charge is 0.248 e. The third-order valence-corrected chi connectivity index (χ3v) is 4.24. The molecule has 0 bridgehead atoms. The summed E-state index contributed by atoms with van der Waals surface area (Å²) in [6.45, 7) is 4.33. The van der Waals surface area contributed by atoms with Gasteiger partial charge in [-0.25, -0.2) is 18.2 Å². The number of aromatic nitrogens is 3. The summed E-state index contributed by atoms with van der Waals surface area (Å²) in [5, 5.41) is 6.05. The Morgan fingerprint density at radius 2 is 1.95 bits per heavy atom. The number of nitrogens with zero attached hydrogens (tertiary/aromatic N) is 2. The molecule has 0 unspecified atom stereocenters. The van der Waals surface area contributed by atoms with E-state index < -0.39 is 10.0 Å². The predicted octanol–water partition coefficient (Wildman–Crippen LogP) is 2.19. The number of H-pyrrole nitrogens is 1. The second-order valence-electron chi connectivity index (χ2n) is 5.02. The average molecular weight is 294 g/mol. The van der Waals surface area contributed by atoms with Gasteiger partial charge in [-0.2, -0.15) is 10.1 Å². The zero-order valence-electron chi connectivity index (χ0n) is 11.5. The van der Waals surface area contributed by atoms with E-state index in [9.17, 15) is 8.42 Å². The summed E-state index contributed by atoms with van der Waals surface area (Å²) in [7, 11) is -3.62. The zero-order valence-corrected chi connectivity index (χ0v) is 12.3. The molecule has 6 nitrogen and oxygen atoms in total. The number of nitrogens with one attached hydrogen (secondary N) is 2. The summed E-state index contributed by atoms with van der Waals surface area (Å²) in [4.78, 5) is 3.95. The molecular formula is C13H18N4O2S. The van der Waals surface area contributed by atoms with E-state index in [1.807, 2.05) is 12.1 Å². The number of aromatic amines is 1. The van der Waals surface area contributed by atoms with Gasteiger partial charge in [0.05, 0.1) is 4.90 Å². The van der Waals surface area contributed by atoms with E-state index in [0.717, 1.165) is 18.4 Å². The average Bonchev–Trinajstić information content (AvgIpc) is 2.89. The molecule has 0 aliphatic heterocycles. The number of hydrogen-bond acceptors (Lipinski definition) is 4. The van der Waals surface area contributed by atoms with Crippen molar-refractivity contribution in [3.05, 3.63) is 36.2 Å². The largest absolute Gasteiger partial charge is 0.264 e. The molecule has 0 radical (unpaired) electrons. The summed E-state index contributed by atoms with van der Waals surface area (Å²) in [5.41, 5.74) is 1.14. The molecule has 0 amide bonds. The number of aryl methyl sites for hydroxylation is 1. The molecule has 7 heteroatoms. The molecule has 1 aromatic carbocycles. The van der Waals surface area contributed by atoms with Gasteiger partial charge in [0.15, 0.2) is 0 Å². The van der Waals surface area contributed by atoms with E-state index in [1.165, 1.54) is 6.33 Å². The number of benzene rings is 1. The minimum absolute atomic E-state index is 0.105. The third kappa shape index (κ3) is 3.80. The van der Waals surface area contributed by atoms with Crippen molar-refractivity contribution in [2.24, 2.45) is 5.92 Å². The van der Waals surface area contributed by atoms with Gasteiger partial charge in [-0.05, 0) is 36.5 Å². The van der Waals surface area contributed by atoms with E-state index in [1.54, 1.807) is 12.1 Å². The van der Waals surface area contributed by atoms with Gasteiger partial charge in [0.2, 0.25) is 5.95 Å². The lowest BCUT2D eigenvalue weighted by Gasteiger charge is -2.07. The Kier molecular flexibility index (Phi) is 4.39. The summed E-state index contributed by atoms with van der Waals surface area (Å²) in [6.07, 6.45) is 3.28. The van der Waals surface area contributed by atoms with Crippen LogP contribution in [0.2, 0.25) is 0 Å². The highest BCUT2D eigenvalue weighted by atomic mass is 32.2. The van der Waals surface area contributed by atoms with Crippen LogP contribution in [0.15, 0.2) is 35.5 Å². The Labute approximate surface area is 118 Å². The second-order valence-corrected chi connectivity index (χ2v) is 6.70. The van der Waals surface area contributed by atoms with Crippen molar-refractivity contribution in [2.75, 3.05) is 4.72 Å². The van der Waals surface area contributed by atoms with Crippen molar-refractivity contribution >= 4 is 16.0 Å². The van der Waals surface area contributed by atoms with Crippen LogP contribution in [0, 0.1) is 5.92 Å². The van der Waals surface area contributed by atoms with Crippen molar-refractivity contribution in [1.82, 2.24) is 15.2 Å². The first kappa shape index (κ1) is 14.5. The molecule has 0 saturated heterocycles. The minimum atomic E-state index is -3.62. The van der Waals surface area contributed by atoms with Crippen LogP contribution in [-0.2, 0) is 16.4 Å². The van der Waals surface area contributed by atoms with Gasteiger partial charge in [-0.15, -0.1) is 0 Å². The van der Waals surface area contributed by atoms with Crippen LogP contribution >= 0.6 is 0 Å². The van der Waals surface area contributed by atoms with Crippen LogP contribution in [0.3, 0.4) is 0 Å². The number of anilines is 1. The van der Waals surface area contributed by atoms with Gasteiger partial charge in [0.1, 0.15) is 6.33 Å². The fourth-order valence-electron chi connectivity index (χ4n) is 1.73. The van der Waals surface area contributed by atoms with Crippen molar-refractivity contribution in [1.29, 1.82) is 0 Å². The maximum absolute atomic E-state index is 12.1. The van der Waals surface area contributed by atoms with Crippen LogP contribution in [0.4, 0.5) is 5.95 Å². The van der Waals surface area contributed by atoms with Gasteiger partial charge < -0.3 is 0 Å². The van der Waals surface area contributed by atoms with Crippen LogP contribution < -0.4 is 4.72 Å². The number of sulfonamides is 1. The first-order valence-electron chi connectivity index (χ1n) is 6.44. The topological polar surface area (TPSA) is 87.7 Å². The van der Waals surface area contributed by atoms with Crippen molar-refractivity contribution in [2.45, 2.75) is 31.6 Å². The number of rotatable bonds is 6. The Balaban J connectivity index is 2.08. The lowest BCUT2D eigenvalue weighted by molar-refractivity contribution is 0.586. The van der Waals surface area contributed by atoms with Crippen molar-refractivity contribution < 1.29 is 8.42 Å². The monoisotopic (exact) mass is 294 g/mol. The first-order valence-corrected chi connectivity index (χ1v) is 7.93. The summed E-state index contributed by atoms with van der Waals surface area (Å²) in [6, 6.07) is 6.90. The highest BCUT2D eigenvalue weighted by molar-refractivity contribution is 7.92. The molecule has 0 atom stereocenters. The van der Waals surface area contributed by atoms with Gasteiger partial charge in [-0.1, -0.05) is 26.0 Å². The second kappa shape index (κ2) is 6.04. The molecule has 2 rings (SSSR count). The lowest BCUT2D eigenvalue weighted by atomic mass is 10.0. The molecule has 2 aromatic rings. The molecular weight excluding hydrogens is 276 g/mol. The minimum Gasteiger partial charge on any atom is -0.248 e. The van der Waals surface area contributed by atoms with E-state index in [2.05, 4.69) is 33.8 Å². The van der Waals surface area contributed by atoms with E-state index >= 15 is 0 Å².